The van der Waals surface area contributed by atoms with Gasteiger partial charge in [-0.15, -0.1) is 0 Å². The first-order chi connectivity index (χ1) is 5.75. The summed E-state index contributed by atoms with van der Waals surface area (Å²) in [5.41, 5.74) is 0. The summed E-state index contributed by atoms with van der Waals surface area (Å²) >= 11 is 0. The van der Waals surface area contributed by atoms with E-state index in [0.717, 1.165) is 6.54 Å². The van der Waals surface area contributed by atoms with Gasteiger partial charge in [0.25, 0.3) is 0 Å². The van der Waals surface area contributed by atoms with E-state index in [1.165, 1.54) is 25.9 Å². The van der Waals surface area contributed by atoms with Crippen molar-refractivity contribution in [3.63, 3.8) is 0 Å². The van der Waals surface area contributed by atoms with Crippen LogP contribution in [0.1, 0.15) is 19.3 Å². The third-order valence-corrected chi connectivity index (χ3v) is 3.23. The van der Waals surface area contributed by atoms with Crippen molar-refractivity contribution >= 4 is 5.97 Å². The highest BCUT2D eigenvalue weighted by Crippen LogP contribution is 2.33. The second kappa shape index (κ2) is 3.05. The molecule has 1 N–H and O–H groups in total. The van der Waals surface area contributed by atoms with E-state index in [9.17, 15) is 4.79 Å². The number of hydrogen-bond acceptors (Lipinski definition) is 2. The number of carboxylic acids is 1. The molecule has 3 nitrogen and oxygen atoms in total. The Morgan fingerprint density at radius 3 is 2.50 bits per heavy atom. The Kier molecular flexibility index (Phi) is 2.05. The van der Waals surface area contributed by atoms with Crippen LogP contribution in [0.3, 0.4) is 0 Å². The van der Waals surface area contributed by atoms with E-state index in [4.69, 9.17) is 5.11 Å². The highest BCUT2D eigenvalue weighted by Gasteiger charge is 2.34. The van der Waals surface area contributed by atoms with Crippen molar-refractivity contribution in [1.29, 1.82) is 0 Å². The number of nitrogens with zero attached hydrogens (tertiary/aromatic N) is 1. The molecule has 2 bridgehead atoms. The van der Waals surface area contributed by atoms with Gasteiger partial charge in [-0.05, 0) is 37.8 Å². The molecular formula is C9H15NO2. The van der Waals surface area contributed by atoms with Crippen molar-refractivity contribution in [2.75, 3.05) is 19.6 Å². The third-order valence-electron chi connectivity index (χ3n) is 3.23. The lowest BCUT2D eigenvalue weighted by atomic mass is 9.77. The monoisotopic (exact) mass is 169 g/mol. The molecule has 0 unspecified atom stereocenters. The van der Waals surface area contributed by atoms with Crippen LogP contribution in [0, 0.1) is 11.8 Å². The van der Waals surface area contributed by atoms with E-state index >= 15 is 0 Å². The maximum absolute atomic E-state index is 10.5. The number of carboxylic acid groups (broad SMARTS) is 1. The van der Waals surface area contributed by atoms with Gasteiger partial charge in [-0.2, -0.15) is 0 Å². The van der Waals surface area contributed by atoms with Gasteiger partial charge in [-0.25, -0.2) is 0 Å². The first-order valence-electron chi connectivity index (χ1n) is 4.70. The Morgan fingerprint density at radius 2 is 2.08 bits per heavy atom. The normalized spacial score (nSPS) is 39.8. The number of carbonyl (C=O) groups is 1. The summed E-state index contributed by atoms with van der Waals surface area (Å²) in [7, 11) is 0. The minimum atomic E-state index is -0.631. The van der Waals surface area contributed by atoms with Crippen molar-refractivity contribution in [2.45, 2.75) is 19.3 Å². The summed E-state index contributed by atoms with van der Waals surface area (Å²) in [6, 6.07) is 0. The molecule has 0 aromatic rings. The van der Waals surface area contributed by atoms with Crippen molar-refractivity contribution in [3.8, 4) is 0 Å². The lowest BCUT2D eigenvalue weighted by Gasteiger charge is -2.44. The average Bonchev–Trinajstić information content (AvgIpc) is 2.05. The molecule has 0 aliphatic carbocycles. The average molecular weight is 169 g/mol. The lowest BCUT2D eigenvalue weighted by molar-refractivity contribution is -0.139. The van der Waals surface area contributed by atoms with Crippen LogP contribution in [-0.4, -0.2) is 35.6 Å². The molecule has 3 fully saturated rings. The fourth-order valence-corrected chi connectivity index (χ4v) is 2.54. The van der Waals surface area contributed by atoms with Crippen LogP contribution in [0.25, 0.3) is 0 Å². The maximum Gasteiger partial charge on any atom is 0.303 e. The van der Waals surface area contributed by atoms with Gasteiger partial charge in [0.15, 0.2) is 0 Å². The summed E-state index contributed by atoms with van der Waals surface area (Å²) < 4.78 is 0. The van der Waals surface area contributed by atoms with Crippen LogP contribution in [0.4, 0.5) is 0 Å². The van der Waals surface area contributed by atoms with E-state index in [-0.39, 0.29) is 0 Å². The van der Waals surface area contributed by atoms with Crippen molar-refractivity contribution in [1.82, 2.24) is 4.90 Å². The highest BCUT2D eigenvalue weighted by atomic mass is 16.4. The molecule has 0 radical (unpaired) electrons. The molecular weight excluding hydrogens is 154 g/mol. The van der Waals surface area contributed by atoms with Gasteiger partial charge in [0, 0.05) is 13.0 Å². The van der Waals surface area contributed by atoms with Gasteiger partial charge in [-0.1, -0.05) is 0 Å². The Morgan fingerprint density at radius 1 is 1.42 bits per heavy atom. The van der Waals surface area contributed by atoms with Crippen molar-refractivity contribution in [2.24, 2.45) is 11.8 Å². The smallest absolute Gasteiger partial charge is 0.303 e. The van der Waals surface area contributed by atoms with E-state index in [1.54, 1.807) is 0 Å². The molecule has 3 heteroatoms. The number of aliphatic carboxylic acids is 1. The molecule has 0 spiro atoms. The van der Waals surface area contributed by atoms with Gasteiger partial charge in [-0.3, -0.25) is 4.79 Å². The summed E-state index contributed by atoms with van der Waals surface area (Å²) in [5.74, 6) is 0.504. The molecule has 3 aliphatic heterocycles. The predicted octanol–water partition coefficient (Wildman–Crippen LogP) is 0.803. The van der Waals surface area contributed by atoms with Crippen LogP contribution >= 0.6 is 0 Å². The Hall–Kier alpha value is -0.570. The molecule has 0 saturated carbocycles. The number of piperidine rings is 3. The first-order valence-corrected chi connectivity index (χ1v) is 4.70. The van der Waals surface area contributed by atoms with E-state index in [1.807, 2.05) is 0 Å². The third kappa shape index (κ3) is 1.46. The summed E-state index contributed by atoms with van der Waals surface area (Å²) in [6.07, 6.45) is 2.82. The maximum atomic E-state index is 10.5. The standard InChI is InChI=1S/C9H15NO2/c11-9(12)5-8-6-10-3-1-7(8)2-4-10/h7-8H,1-6H2,(H,11,12)/t8-/m0/s1. The predicted molar refractivity (Wildman–Crippen MR) is 44.9 cm³/mol. The van der Waals surface area contributed by atoms with E-state index in [2.05, 4.69) is 4.90 Å². The zero-order chi connectivity index (χ0) is 8.55. The van der Waals surface area contributed by atoms with Gasteiger partial charge in [0.2, 0.25) is 0 Å². The summed E-state index contributed by atoms with van der Waals surface area (Å²) in [6.45, 7) is 3.42. The SMILES string of the molecule is O=C(O)C[C@H]1CN2CCC1CC2. The number of fused-ring (bicyclic) bond motifs is 3. The quantitative estimate of drug-likeness (QED) is 0.664. The molecule has 0 aromatic heterocycles. The van der Waals surface area contributed by atoms with Gasteiger partial charge in [0.1, 0.15) is 0 Å². The second-order valence-corrected chi connectivity index (χ2v) is 4.00. The summed E-state index contributed by atoms with van der Waals surface area (Å²) in [5, 5.41) is 8.68. The molecule has 3 aliphatic rings. The molecule has 3 heterocycles. The van der Waals surface area contributed by atoms with Crippen LogP contribution in [0.5, 0.6) is 0 Å². The molecule has 0 amide bonds. The second-order valence-electron chi connectivity index (χ2n) is 4.00. The number of hydrogen-bond donors (Lipinski definition) is 1. The fourth-order valence-electron chi connectivity index (χ4n) is 2.54. The van der Waals surface area contributed by atoms with Crippen LogP contribution in [0.15, 0.2) is 0 Å². The Balaban J connectivity index is 1.95. The molecule has 1 atom stereocenters. The minimum absolute atomic E-state index is 0.376. The first kappa shape index (κ1) is 8.05. The molecule has 3 saturated heterocycles. The summed E-state index contributed by atoms with van der Waals surface area (Å²) in [4.78, 5) is 12.9. The van der Waals surface area contributed by atoms with Gasteiger partial charge in [0.05, 0.1) is 0 Å². The minimum Gasteiger partial charge on any atom is -0.481 e. The fraction of sp³-hybridized carbons (Fsp3) is 0.889. The molecule has 68 valence electrons. The van der Waals surface area contributed by atoms with Crippen molar-refractivity contribution in [3.05, 3.63) is 0 Å². The van der Waals surface area contributed by atoms with Crippen molar-refractivity contribution < 1.29 is 9.90 Å². The molecule has 3 rings (SSSR count). The Bertz CT molecular complexity index is 185. The number of rotatable bonds is 2. The zero-order valence-corrected chi connectivity index (χ0v) is 7.20. The highest BCUT2D eigenvalue weighted by molar-refractivity contribution is 5.67. The van der Waals surface area contributed by atoms with Crippen LogP contribution < -0.4 is 0 Å². The Labute approximate surface area is 72.4 Å². The lowest BCUT2D eigenvalue weighted by Crippen LogP contribution is -2.47. The molecule has 0 aromatic carbocycles. The zero-order valence-electron chi connectivity index (χ0n) is 7.20. The van der Waals surface area contributed by atoms with Gasteiger partial charge >= 0.3 is 5.97 Å². The van der Waals surface area contributed by atoms with E-state index in [0.29, 0.717) is 18.3 Å². The van der Waals surface area contributed by atoms with Crippen LogP contribution in [-0.2, 0) is 4.79 Å². The van der Waals surface area contributed by atoms with Gasteiger partial charge < -0.3 is 10.0 Å². The largest absolute Gasteiger partial charge is 0.481 e. The molecule has 12 heavy (non-hydrogen) atoms. The van der Waals surface area contributed by atoms with E-state index < -0.39 is 5.97 Å². The topological polar surface area (TPSA) is 40.5 Å². The van der Waals surface area contributed by atoms with Crippen LogP contribution in [0.2, 0.25) is 0 Å².